The number of aliphatic hydroxyl groups excluding tert-OH is 1. The van der Waals surface area contributed by atoms with E-state index in [1.807, 2.05) is 24.3 Å². The lowest BCUT2D eigenvalue weighted by atomic mass is 9.41. The quantitative estimate of drug-likeness (QED) is 0.471. The fourth-order valence-corrected chi connectivity index (χ4v) is 8.83. The lowest BCUT2D eigenvalue weighted by molar-refractivity contribution is -0.220. The number of benzene rings is 2. The van der Waals surface area contributed by atoms with Crippen molar-refractivity contribution in [2.24, 2.45) is 16.7 Å². The molecule has 2 aliphatic carbocycles. The molecular weight excluding hydrogens is 474 g/mol. The highest BCUT2D eigenvalue weighted by Crippen LogP contribution is 2.71. The molecule has 2 aromatic rings. The van der Waals surface area contributed by atoms with Crippen molar-refractivity contribution in [3.63, 3.8) is 0 Å². The largest absolute Gasteiger partial charge is 0.504 e. The van der Waals surface area contributed by atoms with Crippen molar-refractivity contribution < 1.29 is 19.7 Å². The van der Waals surface area contributed by atoms with Gasteiger partial charge in [0.2, 0.25) is 0 Å². The molecule has 1 spiro atoms. The summed E-state index contributed by atoms with van der Waals surface area (Å²) < 4.78 is 13.2. The zero-order chi connectivity index (χ0) is 27.0. The minimum atomic E-state index is -0.753. The highest BCUT2D eigenvalue weighted by atomic mass is 16.5. The molecule has 0 bridgehead atoms. The van der Waals surface area contributed by atoms with E-state index in [0.717, 1.165) is 47.7 Å². The van der Waals surface area contributed by atoms with E-state index >= 15 is 0 Å². The Morgan fingerprint density at radius 2 is 1.92 bits per heavy atom. The number of aliphatic hydroxyl groups is 1. The number of aromatic hydroxyl groups is 1. The molecule has 4 aliphatic rings. The van der Waals surface area contributed by atoms with Crippen molar-refractivity contribution >= 4 is 0 Å². The van der Waals surface area contributed by atoms with Crippen LogP contribution in [-0.4, -0.2) is 53.6 Å². The lowest BCUT2D eigenvalue weighted by Crippen LogP contribution is -2.74. The number of ether oxygens (including phenoxy) is 2. The van der Waals surface area contributed by atoms with Gasteiger partial charge in [0.25, 0.3) is 0 Å². The predicted molar refractivity (Wildman–Crippen MR) is 150 cm³/mol. The van der Waals surface area contributed by atoms with E-state index in [1.165, 1.54) is 12.8 Å². The first-order chi connectivity index (χ1) is 18.1. The van der Waals surface area contributed by atoms with Crippen molar-refractivity contribution in [2.75, 3.05) is 20.2 Å². The van der Waals surface area contributed by atoms with Crippen molar-refractivity contribution in [1.29, 1.82) is 0 Å². The first kappa shape index (κ1) is 25.9. The lowest BCUT2D eigenvalue weighted by Gasteiger charge is -2.67. The molecule has 7 atom stereocenters. The zero-order valence-corrected chi connectivity index (χ0v) is 23.5. The summed E-state index contributed by atoms with van der Waals surface area (Å²) >= 11 is 0. The number of methoxy groups -OCH3 is 1. The van der Waals surface area contributed by atoms with Gasteiger partial charge in [-0.15, -0.1) is 6.58 Å². The second kappa shape index (κ2) is 8.84. The van der Waals surface area contributed by atoms with E-state index in [0.29, 0.717) is 12.2 Å². The summed E-state index contributed by atoms with van der Waals surface area (Å²) in [4.78, 5) is 2.66. The van der Waals surface area contributed by atoms with E-state index in [2.05, 4.69) is 51.3 Å². The van der Waals surface area contributed by atoms with Crippen molar-refractivity contribution in [2.45, 2.75) is 83.1 Å². The molecule has 0 amide bonds. The van der Waals surface area contributed by atoms with Gasteiger partial charge in [-0.1, -0.05) is 43.3 Å². The van der Waals surface area contributed by atoms with E-state index in [-0.39, 0.29) is 17.9 Å². The Labute approximate surface area is 227 Å². The molecule has 0 radical (unpaired) electrons. The Bertz CT molecular complexity index is 1260. The summed E-state index contributed by atoms with van der Waals surface area (Å²) in [5, 5.41) is 23.3. The fourth-order valence-electron chi connectivity index (χ4n) is 8.83. The predicted octanol–water partition coefficient (Wildman–Crippen LogP) is 5.84. The molecule has 3 fully saturated rings. The van der Waals surface area contributed by atoms with Gasteiger partial charge < -0.3 is 19.7 Å². The van der Waals surface area contributed by atoms with Gasteiger partial charge in [0.15, 0.2) is 11.5 Å². The van der Waals surface area contributed by atoms with Crippen LogP contribution in [0, 0.1) is 30.6 Å². The Hall–Kier alpha value is -2.34. The van der Waals surface area contributed by atoms with Crippen molar-refractivity contribution in [3.05, 3.63) is 71.3 Å². The molecule has 2 aromatic carbocycles. The molecule has 1 unspecified atom stereocenters. The van der Waals surface area contributed by atoms with E-state index < -0.39 is 28.5 Å². The topological polar surface area (TPSA) is 62.2 Å². The number of phenols is 1. The molecule has 0 aromatic heterocycles. The van der Waals surface area contributed by atoms with Crippen LogP contribution in [0.1, 0.15) is 67.9 Å². The van der Waals surface area contributed by atoms with Crippen LogP contribution >= 0.6 is 0 Å². The minimum absolute atomic E-state index is 0.177. The Morgan fingerprint density at radius 3 is 2.58 bits per heavy atom. The number of fused-ring (bicyclic) bond motifs is 1. The molecule has 6 rings (SSSR count). The Balaban J connectivity index is 1.58. The minimum Gasteiger partial charge on any atom is -0.504 e. The number of aryl methyl sites for hydroxylation is 2. The summed E-state index contributed by atoms with van der Waals surface area (Å²) in [5.74, 6) is 1.54. The molecule has 2 saturated carbocycles. The van der Waals surface area contributed by atoms with Gasteiger partial charge in [0.05, 0.1) is 11.5 Å². The highest BCUT2D eigenvalue weighted by Gasteiger charge is 2.74. The molecular formula is C33H43NO4. The van der Waals surface area contributed by atoms with Gasteiger partial charge in [-0.05, 0) is 81.7 Å². The Morgan fingerprint density at radius 1 is 1.18 bits per heavy atom. The second-order valence-electron chi connectivity index (χ2n) is 12.8. The van der Waals surface area contributed by atoms with Gasteiger partial charge in [-0.25, -0.2) is 0 Å². The van der Waals surface area contributed by atoms with Crippen molar-refractivity contribution in [3.8, 4) is 11.5 Å². The summed E-state index contributed by atoms with van der Waals surface area (Å²) in [7, 11) is 1.74. The third kappa shape index (κ3) is 3.28. The normalized spacial score (nSPS) is 37.1. The number of piperidine rings is 1. The van der Waals surface area contributed by atoms with E-state index in [9.17, 15) is 10.2 Å². The third-order valence-electron chi connectivity index (χ3n) is 11.0. The molecule has 38 heavy (non-hydrogen) atoms. The zero-order valence-electron chi connectivity index (χ0n) is 23.5. The number of hydrogen-bond acceptors (Lipinski definition) is 5. The first-order valence-electron chi connectivity index (χ1n) is 14.3. The van der Waals surface area contributed by atoms with Gasteiger partial charge in [-0.3, -0.25) is 4.90 Å². The van der Waals surface area contributed by atoms with Crippen LogP contribution < -0.4 is 4.74 Å². The second-order valence-corrected chi connectivity index (χ2v) is 12.8. The van der Waals surface area contributed by atoms with Gasteiger partial charge in [0.1, 0.15) is 12.2 Å². The standard InChI is InChI=1S/C33H43NO4/c1-7-32-19-31(5,28(36)24-11-9-8-10-20(24)2)29(37-6)30-33(32,16-17-34(22(32)4)18-23-13-14-23)26-21(3)12-15-25(35)27(26)38-30/h7-12,15,22-23,28-30,35-36H,1,13-14,16-19H2,2-6H3/t22-,28-,29?,30-,31+,32+,33-/m0/s1. The molecule has 204 valence electrons. The monoisotopic (exact) mass is 517 g/mol. The fraction of sp³-hybridized carbons (Fsp3) is 0.576. The van der Waals surface area contributed by atoms with Crippen LogP contribution in [0.25, 0.3) is 0 Å². The van der Waals surface area contributed by atoms with Crippen LogP contribution in [0.15, 0.2) is 49.1 Å². The van der Waals surface area contributed by atoms with Crippen LogP contribution in [-0.2, 0) is 10.2 Å². The number of phenolic OH excluding ortho intramolecular Hbond substituents is 1. The summed E-state index contributed by atoms with van der Waals surface area (Å²) in [5.41, 5.74) is 2.75. The van der Waals surface area contributed by atoms with Crippen LogP contribution in [0.4, 0.5) is 0 Å². The maximum absolute atomic E-state index is 12.2. The Kier molecular flexibility index (Phi) is 6.03. The highest BCUT2D eigenvalue weighted by molar-refractivity contribution is 5.60. The average molecular weight is 518 g/mol. The molecule has 2 aliphatic heterocycles. The molecule has 5 heteroatoms. The first-order valence-corrected chi connectivity index (χ1v) is 14.3. The SMILES string of the molecule is C=C[C@]12C[C@](C)([C@@H](O)c3ccccc3C)C(OC)[C@@H]3Oc4c(O)ccc(C)c4[C@@]31CCN(CC1CC1)[C@H]2C. The summed E-state index contributed by atoms with van der Waals surface area (Å²) in [6.45, 7) is 15.3. The molecule has 2 heterocycles. The molecule has 2 N–H and O–H groups in total. The maximum Gasteiger partial charge on any atom is 0.165 e. The number of nitrogens with zero attached hydrogens (tertiary/aromatic N) is 1. The van der Waals surface area contributed by atoms with Gasteiger partial charge >= 0.3 is 0 Å². The van der Waals surface area contributed by atoms with E-state index in [1.54, 1.807) is 13.2 Å². The van der Waals surface area contributed by atoms with E-state index in [4.69, 9.17) is 9.47 Å². The van der Waals surface area contributed by atoms with Crippen LogP contribution in [0.2, 0.25) is 0 Å². The van der Waals surface area contributed by atoms with Crippen LogP contribution in [0.3, 0.4) is 0 Å². The molecule has 5 nitrogen and oxygen atoms in total. The number of rotatable bonds is 6. The van der Waals surface area contributed by atoms with Crippen LogP contribution in [0.5, 0.6) is 11.5 Å². The maximum atomic E-state index is 12.2. The van der Waals surface area contributed by atoms with Gasteiger partial charge in [0, 0.05) is 36.1 Å². The number of hydrogen-bond donors (Lipinski definition) is 2. The average Bonchev–Trinajstić information content (AvgIpc) is 3.66. The smallest absolute Gasteiger partial charge is 0.165 e. The van der Waals surface area contributed by atoms with Gasteiger partial charge in [-0.2, -0.15) is 0 Å². The summed E-state index contributed by atoms with van der Waals surface area (Å²) in [6, 6.07) is 12.0. The summed E-state index contributed by atoms with van der Waals surface area (Å²) in [6.07, 6.45) is 4.90. The third-order valence-corrected chi connectivity index (χ3v) is 11.0. The van der Waals surface area contributed by atoms with Crippen molar-refractivity contribution in [1.82, 2.24) is 4.90 Å². The molecule has 1 saturated heterocycles. The number of likely N-dealkylation sites (tertiary alicyclic amines) is 1.